The average molecular weight is 236 g/mol. The minimum absolute atomic E-state index is 0.365. The molecule has 1 N–H and O–H groups in total. The van der Waals surface area contributed by atoms with E-state index in [2.05, 4.69) is 27.0 Å². The molecule has 0 bridgehead atoms. The molecule has 3 rings (SSSR count). The molecule has 2 heterocycles. The summed E-state index contributed by atoms with van der Waals surface area (Å²) in [7, 11) is 0. The predicted octanol–water partition coefficient (Wildman–Crippen LogP) is 1.09. The molecule has 0 amide bonds. The van der Waals surface area contributed by atoms with Crippen LogP contribution in [0.5, 0.6) is 0 Å². The van der Waals surface area contributed by atoms with Gasteiger partial charge >= 0.3 is 0 Å². The second-order valence-electron chi connectivity index (χ2n) is 5.03. The number of rotatable bonds is 5. The molecule has 17 heavy (non-hydrogen) atoms. The van der Waals surface area contributed by atoms with Gasteiger partial charge < -0.3 is 14.6 Å². The zero-order valence-corrected chi connectivity index (χ0v) is 10.3. The first-order valence-electron chi connectivity index (χ1n) is 6.60. The minimum atomic E-state index is 0.365. The fraction of sp³-hybridized carbons (Fsp3) is 0.833. The van der Waals surface area contributed by atoms with Gasteiger partial charge in [-0.25, -0.2) is 0 Å². The normalized spacial score (nSPS) is 28.8. The highest BCUT2D eigenvalue weighted by Gasteiger charge is 2.35. The molecule has 0 spiro atoms. The van der Waals surface area contributed by atoms with E-state index in [1.165, 1.54) is 12.8 Å². The highest BCUT2D eigenvalue weighted by molar-refractivity contribution is 5.07. The molecule has 2 aliphatic rings. The average Bonchev–Trinajstić information content (AvgIpc) is 2.91. The molecule has 1 aromatic rings. The number of nitrogens with one attached hydrogen (secondary N) is 1. The fourth-order valence-electron chi connectivity index (χ4n) is 2.49. The number of hydrogen-bond acceptors (Lipinski definition) is 4. The standard InChI is InChI=1S/C12H20N4O/c1-2-5-13-11-7-17-6-10(11)12-15-14-8-16(12)9-3-4-9/h8-11,13H,2-7H2,1H3. The van der Waals surface area contributed by atoms with Crippen LogP contribution in [0.2, 0.25) is 0 Å². The maximum atomic E-state index is 5.60. The summed E-state index contributed by atoms with van der Waals surface area (Å²) in [6.45, 7) is 4.79. The molecular weight excluding hydrogens is 216 g/mol. The number of nitrogens with zero attached hydrogens (tertiary/aromatic N) is 3. The van der Waals surface area contributed by atoms with Crippen LogP contribution in [-0.2, 0) is 4.74 Å². The van der Waals surface area contributed by atoms with Crippen LogP contribution >= 0.6 is 0 Å². The van der Waals surface area contributed by atoms with Gasteiger partial charge in [-0.3, -0.25) is 0 Å². The molecule has 1 saturated carbocycles. The van der Waals surface area contributed by atoms with Gasteiger partial charge in [0.1, 0.15) is 12.2 Å². The Morgan fingerprint density at radius 2 is 2.35 bits per heavy atom. The van der Waals surface area contributed by atoms with Gasteiger partial charge in [-0.2, -0.15) is 0 Å². The van der Waals surface area contributed by atoms with Crippen LogP contribution in [0.3, 0.4) is 0 Å². The van der Waals surface area contributed by atoms with E-state index in [-0.39, 0.29) is 0 Å². The quantitative estimate of drug-likeness (QED) is 0.831. The summed E-state index contributed by atoms with van der Waals surface area (Å²) in [4.78, 5) is 0. The maximum Gasteiger partial charge on any atom is 0.140 e. The van der Waals surface area contributed by atoms with Crippen molar-refractivity contribution in [1.29, 1.82) is 0 Å². The summed E-state index contributed by atoms with van der Waals surface area (Å²) in [6, 6.07) is 1.05. The smallest absolute Gasteiger partial charge is 0.140 e. The zero-order chi connectivity index (χ0) is 11.7. The molecule has 5 heteroatoms. The maximum absolute atomic E-state index is 5.60. The molecule has 1 aliphatic carbocycles. The lowest BCUT2D eigenvalue weighted by Gasteiger charge is -2.18. The first-order valence-corrected chi connectivity index (χ1v) is 6.60. The first-order chi connectivity index (χ1) is 8.40. The van der Waals surface area contributed by atoms with Crippen LogP contribution in [0.15, 0.2) is 6.33 Å². The van der Waals surface area contributed by atoms with Crippen molar-refractivity contribution in [3.05, 3.63) is 12.2 Å². The van der Waals surface area contributed by atoms with Gasteiger partial charge in [0, 0.05) is 12.1 Å². The Morgan fingerprint density at radius 3 is 3.12 bits per heavy atom. The molecule has 1 saturated heterocycles. The Balaban J connectivity index is 1.74. The highest BCUT2D eigenvalue weighted by atomic mass is 16.5. The second-order valence-corrected chi connectivity index (χ2v) is 5.03. The first kappa shape index (κ1) is 11.2. The summed E-state index contributed by atoms with van der Waals surface area (Å²) in [5.41, 5.74) is 0. The lowest BCUT2D eigenvalue weighted by atomic mass is 10.0. The van der Waals surface area contributed by atoms with Crippen molar-refractivity contribution < 1.29 is 4.74 Å². The summed E-state index contributed by atoms with van der Waals surface area (Å²) < 4.78 is 7.85. The van der Waals surface area contributed by atoms with Crippen molar-refractivity contribution in [2.24, 2.45) is 0 Å². The minimum Gasteiger partial charge on any atom is -0.379 e. The van der Waals surface area contributed by atoms with Crippen molar-refractivity contribution >= 4 is 0 Å². The molecule has 2 unspecified atom stereocenters. The molecule has 1 aliphatic heterocycles. The summed E-state index contributed by atoms with van der Waals surface area (Å²) >= 11 is 0. The van der Waals surface area contributed by atoms with Gasteiger partial charge in [0.15, 0.2) is 0 Å². The van der Waals surface area contributed by atoms with Gasteiger partial charge in [0.05, 0.1) is 19.1 Å². The van der Waals surface area contributed by atoms with Crippen LogP contribution < -0.4 is 5.32 Å². The predicted molar refractivity (Wildman–Crippen MR) is 63.9 cm³/mol. The van der Waals surface area contributed by atoms with Crippen molar-refractivity contribution in [2.45, 2.75) is 44.2 Å². The largest absolute Gasteiger partial charge is 0.379 e. The van der Waals surface area contributed by atoms with Crippen LogP contribution in [0.1, 0.15) is 44.0 Å². The van der Waals surface area contributed by atoms with Crippen molar-refractivity contribution in [3.8, 4) is 0 Å². The lowest BCUT2D eigenvalue weighted by molar-refractivity contribution is 0.187. The van der Waals surface area contributed by atoms with Crippen LogP contribution in [0.4, 0.5) is 0 Å². The van der Waals surface area contributed by atoms with Crippen LogP contribution in [0.25, 0.3) is 0 Å². The molecular formula is C12H20N4O. The fourth-order valence-corrected chi connectivity index (χ4v) is 2.49. The van der Waals surface area contributed by atoms with E-state index in [0.717, 1.165) is 32.0 Å². The van der Waals surface area contributed by atoms with E-state index in [9.17, 15) is 0 Å². The third-order valence-electron chi connectivity index (χ3n) is 3.61. The Labute approximate surface area is 102 Å². The van der Waals surface area contributed by atoms with Gasteiger partial charge in [0.25, 0.3) is 0 Å². The SMILES string of the molecule is CCCNC1COCC1c1nncn1C1CC1. The van der Waals surface area contributed by atoms with E-state index in [0.29, 0.717) is 18.0 Å². The van der Waals surface area contributed by atoms with Gasteiger partial charge in [-0.05, 0) is 25.8 Å². The lowest BCUT2D eigenvalue weighted by Crippen LogP contribution is -2.35. The third-order valence-corrected chi connectivity index (χ3v) is 3.61. The summed E-state index contributed by atoms with van der Waals surface area (Å²) in [5.74, 6) is 1.48. The van der Waals surface area contributed by atoms with Gasteiger partial charge in [-0.15, -0.1) is 10.2 Å². The van der Waals surface area contributed by atoms with E-state index < -0.39 is 0 Å². The van der Waals surface area contributed by atoms with Crippen molar-refractivity contribution in [2.75, 3.05) is 19.8 Å². The molecule has 5 nitrogen and oxygen atoms in total. The van der Waals surface area contributed by atoms with E-state index >= 15 is 0 Å². The molecule has 0 radical (unpaired) electrons. The van der Waals surface area contributed by atoms with Gasteiger partial charge in [-0.1, -0.05) is 6.92 Å². The Kier molecular flexibility index (Phi) is 3.11. The molecule has 94 valence electrons. The topological polar surface area (TPSA) is 52.0 Å². The van der Waals surface area contributed by atoms with Crippen LogP contribution in [0, 0.1) is 0 Å². The molecule has 1 aromatic heterocycles. The molecule has 2 fully saturated rings. The van der Waals surface area contributed by atoms with E-state index in [1.807, 2.05) is 6.33 Å². The number of aromatic nitrogens is 3. The third kappa shape index (κ3) is 2.21. The van der Waals surface area contributed by atoms with Crippen molar-refractivity contribution in [3.63, 3.8) is 0 Å². The van der Waals surface area contributed by atoms with E-state index in [1.54, 1.807) is 0 Å². The van der Waals surface area contributed by atoms with E-state index in [4.69, 9.17) is 4.74 Å². The monoisotopic (exact) mass is 236 g/mol. The number of ether oxygens (including phenoxy) is 1. The van der Waals surface area contributed by atoms with Crippen molar-refractivity contribution in [1.82, 2.24) is 20.1 Å². The highest BCUT2D eigenvalue weighted by Crippen LogP contribution is 2.37. The Morgan fingerprint density at radius 1 is 1.47 bits per heavy atom. The second kappa shape index (κ2) is 4.74. The Hall–Kier alpha value is -0.940. The van der Waals surface area contributed by atoms with Gasteiger partial charge in [0.2, 0.25) is 0 Å². The molecule has 2 atom stereocenters. The zero-order valence-electron chi connectivity index (χ0n) is 10.3. The van der Waals surface area contributed by atoms with Crippen LogP contribution in [-0.4, -0.2) is 40.6 Å². The number of hydrogen-bond donors (Lipinski definition) is 1. The summed E-state index contributed by atoms with van der Waals surface area (Å²) in [5, 5.41) is 11.9. The summed E-state index contributed by atoms with van der Waals surface area (Å²) in [6.07, 6.45) is 5.57. The molecule has 0 aromatic carbocycles. The Bertz CT molecular complexity index is 374.